The number of ether oxygens (including phenoxy) is 1. The second kappa shape index (κ2) is 5.58. The molecule has 0 bridgehead atoms. The Morgan fingerprint density at radius 2 is 2.11 bits per heavy atom. The van der Waals surface area contributed by atoms with Crippen LogP contribution in [-0.4, -0.2) is 31.5 Å². The molecule has 0 aromatic heterocycles. The third-order valence-electron chi connectivity index (χ3n) is 2.84. The van der Waals surface area contributed by atoms with E-state index in [1.165, 1.54) is 0 Å². The van der Waals surface area contributed by atoms with Crippen LogP contribution in [0.25, 0.3) is 0 Å². The van der Waals surface area contributed by atoms with Crippen LogP contribution >= 0.6 is 0 Å². The van der Waals surface area contributed by atoms with Crippen molar-refractivity contribution in [3.8, 4) is 0 Å². The van der Waals surface area contributed by atoms with E-state index in [2.05, 4.69) is 4.18 Å². The van der Waals surface area contributed by atoms with Crippen LogP contribution in [0, 0.1) is 0 Å². The Morgan fingerprint density at radius 3 is 2.74 bits per heavy atom. The third kappa shape index (κ3) is 3.05. The number of carbonyl (C=O) groups is 1. The molecule has 1 heterocycles. The molecular weight excluding hydrogens is 270 g/mol. The number of hydrogen-bond acceptors (Lipinski definition) is 5. The van der Waals surface area contributed by atoms with Gasteiger partial charge < -0.3 is 4.74 Å². The molecule has 1 atom stereocenters. The maximum absolute atomic E-state index is 11.8. The summed E-state index contributed by atoms with van der Waals surface area (Å²) in [5, 5.41) is 0. The Kier molecular flexibility index (Phi) is 4.06. The Balaban J connectivity index is 2.03. The number of carbonyl (C=O) groups excluding carboxylic acids is 1. The smallest absolute Gasteiger partial charge is 0.426 e. The largest absolute Gasteiger partial charge is 0.444 e. The molecule has 2 rings (SSSR count). The van der Waals surface area contributed by atoms with Gasteiger partial charge in [0.05, 0.1) is 12.6 Å². The summed E-state index contributed by atoms with van der Waals surface area (Å²) in [7, 11) is -3.99. The first-order valence-corrected chi connectivity index (χ1v) is 7.30. The minimum absolute atomic E-state index is 0.0146. The predicted molar refractivity (Wildman–Crippen MR) is 67.4 cm³/mol. The topological polar surface area (TPSA) is 72.9 Å². The average molecular weight is 285 g/mol. The van der Waals surface area contributed by atoms with E-state index in [1.54, 1.807) is 19.1 Å². The molecule has 1 aliphatic heterocycles. The molecule has 6 nitrogen and oxygen atoms in total. The zero-order chi connectivity index (χ0) is 13.9. The number of nitrogens with zero attached hydrogens (tertiary/aromatic N) is 1. The highest BCUT2D eigenvalue weighted by atomic mass is 32.2. The highest BCUT2D eigenvalue weighted by Crippen LogP contribution is 2.22. The van der Waals surface area contributed by atoms with Crippen LogP contribution in [0.3, 0.4) is 0 Å². The lowest BCUT2D eigenvalue weighted by atomic mass is 10.2. The molecule has 1 aromatic carbocycles. The lowest BCUT2D eigenvalue weighted by molar-refractivity contribution is 0.112. The maximum atomic E-state index is 11.8. The van der Waals surface area contributed by atoms with Crippen molar-refractivity contribution < 1.29 is 22.1 Å². The normalized spacial score (nSPS) is 21.3. The molecule has 0 spiro atoms. The fourth-order valence-electron chi connectivity index (χ4n) is 1.78. The molecule has 0 radical (unpaired) electrons. The van der Waals surface area contributed by atoms with Gasteiger partial charge in [-0.1, -0.05) is 37.3 Å². The third-order valence-corrected chi connectivity index (χ3v) is 4.20. The van der Waals surface area contributed by atoms with E-state index < -0.39 is 22.4 Å². The van der Waals surface area contributed by atoms with Gasteiger partial charge in [0.15, 0.2) is 0 Å². The minimum Gasteiger partial charge on any atom is -0.444 e. The summed E-state index contributed by atoms with van der Waals surface area (Å²) < 4.78 is 33.5. The molecule has 0 aliphatic carbocycles. The molecule has 7 heteroatoms. The van der Waals surface area contributed by atoms with Crippen LogP contribution in [0.15, 0.2) is 30.3 Å². The van der Waals surface area contributed by atoms with Gasteiger partial charge in [-0.2, -0.15) is 12.7 Å². The molecule has 1 aliphatic rings. The number of hydrogen-bond donors (Lipinski definition) is 0. The molecule has 1 unspecified atom stereocenters. The summed E-state index contributed by atoms with van der Waals surface area (Å²) in [4.78, 5) is 11.8. The maximum Gasteiger partial charge on any atom is 0.426 e. The molecule has 0 saturated carbocycles. The van der Waals surface area contributed by atoms with Crippen molar-refractivity contribution in [2.75, 3.05) is 6.61 Å². The van der Waals surface area contributed by atoms with Gasteiger partial charge in [0.25, 0.3) is 0 Å². The Hall–Kier alpha value is -1.60. The number of benzene rings is 1. The van der Waals surface area contributed by atoms with Crippen molar-refractivity contribution >= 4 is 16.4 Å². The van der Waals surface area contributed by atoms with Gasteiger partial charge in [-0.3, -0.25) is 4.18 Å². The summed E-state index contributed by atoms with van der Waals surface area (Å²) in [6, 6.07) is 8.56. The summed E-state index contributed by atoms with van der Waals surface area (Å²) in [6.07, 6.45) is -0.409. The van der Waals surface area contributed by atoms with Crippen molar-refractivity contribution in [1.82, 2.24) is 4.31 Å². The van der Waals surface area contributed by atoms with Gasteiger partial charge in [0.2, 0.25) is 0 Å². The SMILES string of the molecule is CCC1COS(=O)(=O)N1C(=O)OCc1ccccc1. The van der Waals surface area contributed by atoms with Crippen molar-refractivity contribution in [2.24, 2.45) is 0 Å². The fraction of sp³-hybridized carbons (Fsp3) is 0.417. The zero-order valence-electron chi connectivity index (χ0n) is 10.5. The molecule has 1 saturated heterocycles. The van der Waals surface area contributed by atoms with E-state index in [9.17, 15) is 13.2 Å². The van der Waals surface area contributed by atoms with Crippen LogP contribution < -0.4 is 0 Å². The Labute approximate surface area is 112 Å². The van der Waals surface area contributed by atoms with E-state index >= 15 is 0 Å². The molecule has 1 amide bonds. The average Bonchev–Trinajstić information content (AvgIpc) is 2.72. The molecule has 1 aromatic rings. The second-order valence-electron chi connectivity index (χ2n) is 4.14. The molecular formula is C12H15NO5S. The summed E-state index contributed by atoms with van der Waals surface area (Å²) in [5.74, 6) is 0. The van der Waals surface area contributed by atoms with E-state index in [0.29, 0.717) is 10.7 Å². The number of amides is 1. The number of rotatable bonds is 3. The van der Waals surface area contributed by atoms with Crippen LogP contribution in [0.5, 0.6) is 0 Å². The molecule has 104 valence electrons. The second-order valence-corrected chi connectivity index (χ2v) is 5.62. The summed E-state index contributed by atoms with van der Waals surface area (Å²) >= 11 is 0. The minimum atomic E-state index is -3.99. The predicted octanol–water partition coefficient (Wildman–Crippen LogP) is 1.68. The van der Waals surface area contributed by atoms with E-state index in [0.717, 1.165) is 5.56 Å². The standard InChI is InChI=1S/C12H15NO5S/c1-2-11-9-18-19(15,16)13(11)12(14)17-8-10-6-4-3-5-7-10/h3-7,11H,2,8-9H2,1H3. The van der Waals surface area contributed by atoms with Gasteiger partial charge in [-0.15, -0.1) is 0 Å². The van der Waals surface area contributed by atoms with Gasteiger partial charge in [-0.05, 0) is 12.0 Å². The Morgan fingerprint density at radius 1 is 1.42 bits per heavy atom. The van der Waals surface area contributed by atoms with Crippen molar-refractivity contribution in [1.29, 1.82) is 0 Å². The summed E-state index contributed by atoms with van der Waals surface area (Å²) in [6.45, 7) is 1.80. The van der Waals surface area contributed by atoms with Gasteiger partial charge in [0.1, 0.15) is 6.61 Å². The first-order chi connectivity index (χ1) is 9.04. The quantitative estimate of drug-likeness (QED) is 0.844. The van der Waals surface area contributed by atoms with Crippen molar-refractivity contribution in [3.63, 3.8) is 0 Å². The van der Waals surface area contributed by atoms with Gasteiger partial charge in [-0.25, -0.2) is 4.79 Å². The highest BCUT2D eigenvalue weighted by Gasteiger charge is 2.42. The zero-order valence-corrected chi connectivity index (χ0v) is 11.3. The lowest BCUT2D eigenvalue weighted by Gasteiger charge is -2.18. The van der Waals surface area contributed by atoms with Crippen LogP contribution in [0.1, 0.15) is 18.9 Å². The van der Waals surface area contributed by atoms with Crippen LogP contribution in [0.4, 0.5) is 4.79 Å². The first kappa shape index (κ1) is 13.8. The van der Waals surface area contributed by atoms with E-state index in [-0.39, 0.29) is 13.2 Å². The van der Waals surface area contributed by atoms with E-state index in [1.807, 2.05) is 18.2 Å². The van der Waals surface area contributed by atoms with Gasteiger partial charge >= 0.3 is 16.4 Å². The molecule has 0 N–H and O–H groups in total. The van der Waals surface area contributed by atoms with Crippen molar-refractivity contribution in [2.45, 2.75) is 26.0 Å². The van der Waals surface area contributed by atoms with Crippen LogP contribution in [-0.2, 0) is 25.8 Å². The van der Waals surface area contributed by atoms with Gasteiger partial charge in [0, 0.05) is 0 Å². The molecule has 1 fully saturated rings. The van der Waals surface area contributed by atoms with E-state index in [4.69, 9.17) is 4.74 Å². The summed E-state index contributed by atoms with van der Waals surface area (Å²) in [5.41, 5.74) is 0.793. The fourth-order valence-corrected chi connectivity index (χ4v) is 3.03. The van der Waals surface area contributed by atoms with Crippen molar-refractivity contribution in [3.05, 3.63) is 35.9 Å². The Bertz CT molecular complexity index is 542. The lowest BCUT2D eigenvalue weighted by Crippen LogP contribution is -2.39. The first-order valence-electron chi connectivity index (χ1n) is 5.94. The highest BCUT2D eigenvalue weighted by molar-refractivity contribution is 7.85. The van der Waals surface area contributed by atoms with Crippen LogP contribution in [0.2, 0.25) is 0 Å². The molecule has 19 heavy (non-hydrogen) atoms. The monoisotopic (exact) mass is 285 g/mol.